The van der Waals surface area contributed by atoms with Gasteiger partial charge in [-0.25, -0.2) is 0 Å². The van der Waals surface area contributed by atoms with Crippen LogP contribution >= 0.6 is 0 Å². The van der Waals surface area contributed by atoms with Crippen molar-refractivity contribution in [3.63, 3.8) is 0 Å². The SMILES string of the molecule is CC1CCN(CCOc2ccc(CN)cc2)C1CO. The van der Waals surface area contributed by atoms with Gasteiger partial charge in [0.15, 0.2) is 0 Å². The third-order valence-electron chi connectivity index (χ3n) is 3.99. The first-order chi connectivity index (χ1) is 9.24. The van der Waals surface area contributed by atoms with Crippen molar-refractivity contribution in [2.45, 2.75) is 25.9 Å². The van der Waals surface area contributed by atoms with Crippen molar-refractivity contribution in [1.29, 1.82) is 0 Å². The van der Waals surface area contributed by atoms with Crippen LogP contribution in [0.2, 0.25) is 0 Å². The Morgan fingerprint density at radius 2 is 2.11 bits per heavy atom. The summed E-state index contributed by atoms with van der Waals surface area (Å²) in [5.41, 5.74) is 6.67. The maximum absolute atomic E-state index is 9.39. The number of aliphatic hydroxyl groups is 1. The van der Waals surface area contributed by atoms with Gasteiger partial charge in [0, 0.05) is 19.1 Å². The molecule has 19 heavy (non-hydrogen) atoms. The van der Waals surface area contributed by atoms with Crippen LogP contribution in [-0.2, 0) is 6.54 Å². The minimum Gasteiger partial charge on any atom is -0.492 e. The Morgan fingerprint density at radius 3 is 2.74 bits per heavy atom. The van der Waals surface area contributed by atoms with Crippen molar-refractivity contribution in [3.05, 3.63) is 29.8 Å². The van der Waals surface area contributed by atoms with Crippen LogP contribution in [0.1, 0.15) is 18.9 Å². The van der Waals surface area contributed by atoms with Crippen molar-refractivity contribution in [2.24, 2.45) is 11.7 Å². The zero-order valence-corrected chi connectivity index (χ0v) is 11.6. The molecule has 1 saturated heterocycles. The van der Waals surface area contributed by atoms with Gasteiger partial charge in [0.05, 0.1) is 6.61 Å². The Balaban J connectivity index is 1.76. The van der Waals surface area contributed by atoms with Crippen LogP contribution in [0.15, 0.2) is 24.3 Å². The van der Waals surface area contributed by atoms with Gasteiger partial charge in [0.2, 0.25) is 0 Å². The normalized spacial score (nSPS) is 23.7. The highest BCUT2D eigenvalue weighted by Gasteiger charge is 2.29. The topological polar surface area (TPSA) is 58.7 Å². The molecule has 4 nitrogen and oxygen atoms in total. The van der Waals surface area contributed by atoms with Gasteiger partial charge < -0.3 is 15.6 Å². The fourth-order valence-corrected chi connectivity index (χ4v) is 2.66. The van der Waals surface area contributed by atoms with Crippen LogP contribution in [0.25, 0.3) is 0 Å². The molecule has 0 spiro atoms. The van der Waals surface area contributed by atoms with Gasteiger partial charge >= 0.3 is 0 Å². The summed E-state index contributed by atoms with van der Waals surface area (Å²) in [6.07, 6.45) is 1.16. The molecule has 2 atom stereocenters. The molecular formula is C15H24N2O2. The Morgan fingerprint density at radius 1 is 1.37 bits per heavy atom. The lowest BCUT2D eigenvalue weighted by molar-refractivity contribution is 0.123. The minimum atomic E-state index is 0.242. The number of hydrogen-bond donors (Lipinski definition) is 2. The van der Waals surface area contributed by atoms with Crippen LogP contribution < -0.4 is 10.5 Å². The third-order valence-corrected chi connectivity index (χ3v) is 3.99. The maximum atomic E-state index is 9.39. The molecule has 1 fully saturated rings. The van der Waals surface area contributed by atoms with E-state index in [0.717, 1.165) is 30.8 Å². The zero-order chi connectivity index (χ0) is 13.7. The fourth-order valence-electron chi connectivity index (χ4n) is 2.66. The summed E-state index contributed by atoms with van der Waals surface area (Å²) >= 11 is 0. The van der Waals surface area contributed by atoms with E-state index in [0.29, 0.717) is 25.1 Å². The van der Waals surface area contributed by atoms with Crippen LogP contribution in [0.3, 0.4) is 0 Å². The smallest absolute Gasteiger partial charge is 0.119 e. The molecule has 1 aliphatic rings. The number of nitrogens with zero attached hydrogens (tertiary/aromatic N) is 1. The number of likely N-dealkylation sites (tertiary alicyclic amines) is 1. The van der Waals surface area contributed by atoms with Gasteiger partial charge in [-0.15, -0.1) is 0 Å². The number of aliphatic hydroxyl groups excluding tert-OH is 1. The highest BCUT2D eigenvalue weighted by molar-refractivity contribution is 5.27. The van der Waals surface area contributed by atoms with Crippen LogP contribution in [0.5, 0.6) is 5.75 Å². The molecule has 0 radical (unpaired) electrons. The van der Waals surface area contributed by atoms with Gasteiger partial charge in [-0.2, -0.15) is 0 Å². The second-order valence-electron chi connectivity index (χ2n) is 5.25. The maximum Gasteiger partial charge on any atom is 0.119 e. The highest BCUT2D eigenvalue weighted by Crippen LogP contribution is 2.23. The molecule has 1 aromatic rings. The first kappa shape index (κ1) is 14.3. The Labute approximate surface area is 115 Å². The average Bonchev–Trinajstić information content (AvgIpc) is 2.80. The summed E-state index contributed by atoms with van der Waals surface area (Å²) in [4.78, 5) is 2.32. The monoisotopic (exact) mass is 264 g/mol. The summed E-state index contributed by atoms with van der Waals surface area (Å²) in [5, 5.41) is 9.39. The molecular weight excluding hydrogens is 240 g/mol. The predicted octanol–water partition coefficient (Wildman–Crippen LogP) is 1.23. The molecule has 106 valence electrons. The van der Waals surface area contributed by atoms with Crippen molar-refractivity contribution in [1.82, 2.24) is 4.90 Å². The molecule has 1 heterocycles. The lowest BCUT2D eigenvalue weighted by atomic mass is 10.0. The number of nitrogens with two attached hydrogens (primary N) is 1. The van der Waals surface area contributed by atoms with Gasteiger partial charge in [-0.3, -0.25) is 4.90 Å². The van der Waals surface area contributed by atoms with Crippen molar-refractivity contribution in [3.8, 4) is 5.75 Å². The molecule has 0 aromatic heterocycles. The van der Waals surface area contributed by atoms with E-state index in [1.54, 1.807) is 0 Å². The van der Waals surface area contributed by atoms with Crippen LogP contribution in [0.4, 0.5) is 0 Å². The second-order valence-corrected chi connectivity index (χ2v) is 5.25. The van der Waals surface area contributed by atoms with Crippen molar-refractivity contribution < 1.29 is 9.84 Å². The van der Waals surface area contributed by atoms with E-state index in [2.05, 4.69) is 11.8 Å². The second kappa shape index (κ2) is 6.89. The van der Waals surface area contributed by atoms with Crippen molar-refractivity contribution in [2.75, 3.05) is 26.3 Å². The Hall–Kier alpha value is -1.10. The molecule has 0 amide bonds. The van der Waals surface area contributed by atoms with Gasteiger partial charge in [-0.1, -0.05) is 19.1 Å². The van der Waals surface area contributed by atoms with Crippen LogP contribution in [-0.4, -0.2) is 42.4 Å². The summed E-state index contributed by atoms with van der Waals surface area (Å²) in [6, 6.07) is 8.19. The van der Waals surface area contributed by atoms with Crippen LogP contribution in [0, 0.1) is 5.92 Å². The zero-order valence-electron chi connectivity index (χ0n) is 11.6. The number of rotatable bonds is 6. The summed E-state index contributed by atoms with van der Waals surface area (Å²) < 4.78 is 5.73. The quantitative estimate of drug-likeness (QED) is 0.811. The minimum absolute atomic E-state index is 0.242. The number of ether oxygens (including phenoxy) is 1. The lowest BCUT2D eigenvalue weighted by Crippen LogP contribution is -2.37. The Bertz CT molecular complexity index is 380. The molecule has 2 unspecified atom stereocenters. The molecule has 0 saturated carbocycles. The first-order valence-electron chi connectivity index (χ1n) is 7.01. The first-order valence-corrected chi connectivity index (χ1v) is 7.01. The molecule has 4 heteroatoms. The Kier molecular flexibility index (Phi) is 5.19. The van der Waals surface area contributed by atoms with E-state index in [1.165, 1.54) is 0 Å². The van der Waals surface area contributed by atoms with E-state index in [4.69, 9.17) is 10.5 Å². The molecule has 0 bridgehead atoms. The van der Waals surface area contributed by atoms with Gasteiger partial charge in [0.1, 0.15) is 12.4 Å². The largest absolute Gasteiger partial charge is 0.492 e. The summed E-state index contributed by atoms with van der Waals surface area (Å²) in [5.74, 6) is 1.46. The van der Waals surface area contributed by atoms with Crippen molar-refractivity contribution >= 4 is 0 Å². The molecule has 0 aliphatic carbocycles. The highest BCUT2D eigenvalue weighted by atomic mass is 16.5. The average molecular weight is 264 g/mol. The van der Waals surface area contributed by atoms with E-state index >= 15 is 0 Å². The molecule has 1 aliphatic heterocycles. The van der Waals surface area contributed by atoms with E-state index < -0.39 is 0 Å². The predicted molar refractivity (Wildman–Crippen MR) is 76.1 cm³/mol. The molecule has 3 N–H and O–H groups in total. The summed E-state index contributed by atoms with van der Waals surface area (Å²) in [7, 11) is 0. The van der Waals surface area contributed by atoms with E-state index in [9.17, 15) is 5.11 Å². The lowest BCUT2D eigenvalue weighted by Gasteiger charge is -2.24. The fraction of sp³-hybridized carbons (Fsp3) is 0.600. The summed E-state index contributed by atoms with van der Waals surface area (Å²) in [6.45, 7) is 5.59. The third kappa shape index (κ3) is 3.69. The van der Waals surface area contributed by atoms with Gasteiger partial charge in [0.25, 0.3) is 0 Å². The molecule has 2 rings (SSSR count). The van der Waals surface area contributed by atoms with E-state index in [-0.39, 0.29) is 6.61 Å². The van der Waals surface area contributed by atoms with Gasteiger partial charge in [-0.05, 0) is 36.6 Å². The van der Waals surface area contributed by atoms with E-state index in [1.807, 2.05) is 24.3 Å². The molecule has 1 aromatic carbocycles. The number of benzene rings is 1. The standard InChI is InChI=1S/C15H24N2O2/c1-12-6-7-17(15(12)11-18)8-9-19-14-4-2-13(10-16)3-5-14/h2-5,12,15,18H,6-11,16H2,1H3. The number of hydrogen-bond acceptors (Lipinski definition) is 4.